The minimum Gasteiger partial charge on any atom is -0.406 e. The van der Waals surface area contributed by atoms with Crippen molar-refractivity contribution in [2.75, 3.05) is 17.3 Å². The molecule has 0 saturated carbocycles. The number of rotatable bonds is 5. The van der Waals surface area contributed by atoms with E-state index in [1.54, 1.807) is 33.2 Å². The Labute approximate surface area is 187 Å². The summed E-state index contributed by atoms with van der Waals surface area (Å²) >= 11 is 0. The van der Waals surface area contributed by atoms with Crippen LogP contribution >= 0.6 is 0 Å². The number of aromatic nitrogens is 1. The minimum absolute atomic E-state index is 0.148. The largest absolute Gasteiger partial charge is 0.573 e. The number of anilines is 2. The maximum Gasteiger partial charge on any atom is 0.573 e. The second-order valence-corrected chi connectivity index (χ2v) is 8.03. The van der Waals surface area contributed by atoms with Gasteiger partial charge in [0.05, 0.1) is 16.9 Å². The molecule has 0 aliphatic carbocycles. The highest BCUT2D eigenvalue weighted by Crippen LogP contribution is 2.35. The fourth-order valence-corrected chi connectivity index (χ4v) is 3.87. The molecule has 1 aliphatic heterocycles. The number of alkyl halides is 3. The van der Waals surface area contributed by atoms with Crippen molar-refractivity contribution in [2.45, 2.75) is 32.3 Å². The molecule has 7 nitrogen and oxygen atoms in total. The van der Waals surface area contributed by atoms with Crippen LogP contribution < -0.4 is 15.0 Å². The Balaban J connectivity index is 1.66. The van der Waals surface area contributed by atoms with Crippen LogP contribution in [-0.2, 0) is 11.3 Å². The van der Waals surface area contributed by atoms with E-state index in [4.69, 9.17) is 0 Å². The molecule has 3 amide bonds. The number of para-hydroxylation sites is 1. The Kier molecular flexibility index (Phi) is 5.39. The molecule has 1 saturated heterocycles. The zero-order valence-electron chi connectivity index (χ0n) is 18.1. The first-order chi connectivity index (χ1) is 15.5. The molecule has 1 N–H and O–H groups in total. The number of amides is 3. The van der Waals surface area contributed by atoms with Crippen molar-refractivity contribution in [3.05, 3.63) is 60.3 Å². The summed E-state index contributed by atoms with van der Waals surface area (Å²) in [6.45, 7) is 3.42. The molecule has 0 atom stereocenters. The Hall–Kier alpha value is -3.82. The maximum absolute atomic E-state index is 13.3. The molecule has 4 rings (SSSR count). The topological polar surface area (TPSA) is 74.8 Å². The second kappa shape index (κ2) is 7.95. The highest BCUT2D eigenvalue weighted by molar-refractivity contribution is 6.23. The van der Waals surface area contributed by atoms with Crippen molar-refractivity contribution in [3.63, 3.8) is 0 Å². The second-order valence-electron chi connectivity index (χ2n) is 8.03. The number of nitrogens with zero attached hydrogens (tertiary/aromatic N) is 3. The molecule has 2 aromatic carbocycles. The molecule has 2 heterocycles. The van der Waals surface area contributed by atoms with Crippen molar-refractivity contribution in [1.29, 1.82) is 0 Å². The summed E-state index contributed by atoms with van der Waals surface area (Å²) in [5, 5.41) is 3.92. The number of fused-ring (bicyclic) bond motifs is 1. The van der Waals surface area contributed by atoms with Crippen LogP contribution in [0.25, 0.3) is 10.9 Å². The predicted molar refractivity (Wildman–Crippen MR) is 117 cm³/mol. The molecule has 3 aromatic rings. The summed E-state index contributed by atoms with van der Waals surface area (Å²) in [7, 11) is 1.79. The van der Waals surface area contributed by atoms with E-state index >= 15 is 0 Å². The first kappa shape index (κ1) is 22.4. The van der Waals surface area contributed by atoms with Gasteiger partial charge < -0.3 is 15.0 Å². The van der Waals surface area contributed by atoms with Crippen LogP contribution in [0.5, 0.6) is 5.75 Å². The number of pyridine rings is 1. The Morgan fingerprint density at radius 1 is 1.06 bits per heavy atom. The molecule has 0 radical (unpaired) electrons. The van der Waals surface area contributed by atoms with Gasteiger partial charge >= 0.3 is 12.4 Å². The number of benzene rings is 2. The van der Waals surface area contributed by atoms with Crippen LogP contribution in [0, 0.1) is 0 Å². The van der Waals surface area contributed by atoms with E-state index < -0.39 is 29.6 Å². The highest BCUT2D eigenvalue weighted by Gasteiger charge is 2.51. The fourth-order valence-electron chi connectivity index (χ4n) is 3.87. The van der Waals surface area contributed by atoms with Crippen LogP contribution in [0.2, 0.25) is 0 Å². The molecule has 0 bridgehead atoms. The molecule has 10 heteroatoms. The number of carbonyl (C=O) groups is 2. The summed E-state index contributed by atoms with van der Waals surface area (Å²) in [6, 6.07) is 11.5. The number of nitrogens with one attached hydrogen (secondary N) is 1. The molecule has 1 fully saturated rings. The van der Waals surface area contributed by atoms with Gasteiger partial charge in [-0.25, -0.2) is 9.69 Å². The summed E-state index contributed by atoms with van der Waals surface area (Å²) in [4.78, 5) is 33.3. The van der Waals surface area contributed by atoms with E-state index in [0.717, 1.165) is 39.2 Å². The van der Waals surface area contributed by atoms with E-state index in [1.807, 2.05) is 18.2 Å². The zero-order chi connectivity index (χ0) is 24.0. The van der Waals surface area contributed by atoms with E-state index in [-0.39, 0.29) is 12.2 Å². The van der Waals surface area contributed by atoms with Gasteiger partial charge in [0.1, 0.15) is 11.3 Å². The van der Waals surface area contributed by atoms with Gasteiger partial charge in [-0.2, -0.15) is 0 Å². The van der Waals surface area contributed by atoms with Crippen LogP contribution in [0.15, 0.2) is 54.7 Å². The molecule has 172 valence electrons. The van der Waals surface area contributed by atoms with Crippen LogP contribution in [-0.4, -0.2) is 40.8 Å². The van der Waals surface area contributed by atoms with Crippen molar-refractivity contribution >= 4 is 34.2 Å². The average Bonchev–Trinajstić information content (AvgIpc) is 2.92. The van der Waals surface area contributed by atoms with Gasteiger partial charge in [0, 0.05) is 25.2 Å². The average molecular weight is 458 g/mol. The first-order valence-electron chi connectivity index (χ1n) is 10.1. The number of urea groups is 1. The van der Waals surface area contributed by atoms with E-state index in [0.29, 0.717) is 0 Å². The number of imide groups is 1. The number of ether oxygens (including phenoxy) is 1. The first-order valence-corrected chi connectivity index (χ1v) is 10.1. The lowest BCUT2D eigenvalue weighted by atomic mass is 10.0. The van der Waals surface area contributed by atoms with Crippen molar-refractivity contribution in [3.8, 4) is 5.75 Å². The van der Waals surface area contributed by atoms with Gasteiger partial charge in [0.15, 0.2) is 0 Å². The monoisotopic (exact) mass is 458 g/mol. The summed E-state index contributed by atoms with van der Waals surface area (Å²) in [6.07, 6.45) is -3.19. The molecule has 0 unspecified atom stereocenters. The van der Waals surface area contributed by atoms with Gasteiger partial charge in [-0.15, -0.1) is 13.2 Å². The fraction of sp³-hybridized carbons (Fsp3) is 0.261. The standard InChI is InChI=1S/C23H21F3N4O3/c1-22(2)20(31)30(15-7-9-16(10-8-15)33-23(24,25)26)21(32)29(22)13-14-11-12-28-19-17(14)5-4-6-18(19)27-3/h4-12,27H,13H2,1-3H3. The van der Waals surface area contributed by atoms with E-state index in [9.17, 15) is 22.8 Å². The van der Waals surface area contributed by atoms with E-state index in [1.165, 1.54) is 17.0 Å². The third kappa shape index (κ3) is 4.04. The highest BCUT2D eigenvalue weighted by atomic mass is 19.4. The third-order valence-electron chi connectivity index (χ3n) is 5.61. The van der Waals surface area contributed by atoms with Crippen LogP contribution in [0.4, 0.5) is 29.3 Å². The smallest absolute Gasteiger partial charge is 0.406 e. The molecular formula is C23H21F3N4O3. The molecule has 0 spiro atoms. The van der Waals surface area contributed by atoms with Gasteiger partial charge in [-0.3, -0.25) is 9.78 Å². The predicted octanol–water partition coefficient (Wildman–Crippen LogP) is 4.92. The Morgan fingerprint density at radius 2 is 1.76 bits per heavy atom. The number of halogens is 3. The van der Waals surface area contributed by atoms with Gasteiger partial charge in [-0.05, 0) is 55.8 Å². The molecule has 1 aliphatic rings. The summed E-state index contributed by atoms with van der Waals surface area (Å²) in [5.41, 5.74) is 1.37. The Morgan fingerprint density at radius 3 is 2.39 bits per heavy atom. The van der Waals surface area contributed by atoms with Crippen LogP contribution in [0.1, 0.15) is 19.4 Å². The molecular weight excluding hydrogens is 437 g/mol. The number of carbonyl (C=O) groups excluding carboxylic acids is 2. The molecule has 33 heavy (non-hydrogen) atoms. The van der Waals surface area contributed by atoms with Crippen molar-refractivity contribution < 1.29 is 27.5 Å². The third-order valence-corrected chi connectivity index (χ3v) is 5.61. The van der Waals surface area contributed by atoms with Gasteiger partial charge in [0.2, 0.25) is 0 Å². The molecule has 1 aromatic heterocycles. The summed E-state index contributed by atoms with van der Waals surface area (Å²) in [5.74, 6) is -0.920. The lowest BCUT2D eigenvalue weighted by Crippen LogP contribution is -2.43. The van der Waals surface area contributed by atoms with Crippen molar-refractivity contribution in [2.24, 2.45) is 0 Å². The quantitative estimate of drug-likeness (QED) is 0.550. The normalized spacial score (nSPS) is 15.9. The van der Waals surface area contributed by atoms with Crippen LogP contribution in [0.3, 0.4) is 0 Å². The number of hydrogen-bond acceptors (Lipinski definition) is 5. The van der Waals surface area contributed by atoms with Crippen molar-refractivity contribution in [1.82, 2.24) is 9.88 Å². The Bertz CT molecular complexity index is 1230. The lowest BCUT2D eigenvalue weighted by molar-refractivity contribution is -0.274. The number of hydrogen-bond donors (Lipinski definition) is 1. The zero-order valence-corrected chi connectivity index (χ0v) is 18.1. The summed E-state index contributed by atoms with van der Waals surface area (Å²) < 4.78 is 41.2. The maximum atomic E-state index is 13.3. The SMILES string of the molecule is CNc1cccc2c(CN3C(=O)N(c4ccc(OC(F)(F)F)cc4)C(=O)C3(C)C)ccnc12. The van der Waals surface area contributed by atoms with Gasteiger partial charge in [-0.1, -0.05) is 12.1 Å². The minimum atomic E-state index is -4.83. The lowest BCUT2D eigenvalue weighted by Gasteiger charge is -2.28. The van der Waals surface area contributed by atoms with E-state index in [2.05, 4.69) is 15.0 Å². The van der Waals surface area contributed by atoms with Gasteiger partial charge in [0.25, 0.3) is 5.91 Å².